The molecule has 0 aliphatic carbocycles. The number of hydrogen-bond acceptors (Lipinski definition) is 6. The summed E-state index contributed by atoms with van der Waals surface area (Å²) in [6, 6.07) is 13.0. The summed E-state index contributed by atoms with van der Waals surface area (Å²) in [4.78, 5) is 24.3. The predicted octanol–water partition coefficient (Wildman–Crippen LogP) is 3.62. The molecule has 2 aromatic heterocycles. The lowest BCUT2D eigenvalue weighted by Gasteiger charge is -2.46. The van der Waals surface area contributed by atoms with Gasteiger partial charge in [-0.2, -0.15) is 0 Å². The highest BCUT2D eigenvalue weighted by Crippen LogP contribution is 2.32. The maximum atomic E-state index is 13.6. The zero-order valence-electron chi connectivity index (χ0n) is 20.3. The van der Waals surface area contributed by atoms with Crippen LogP contribution in [0.4, 0.5) is 10.3 Å². The van der Waals surface area contributed by atoms with Gasteiger partial charge in [0.2, 0.25) is 12.3 Å². The molecular formula is C27H28FN5O3. The number of halogens is 1. The normalized spacial score (nSPS) is 17.1. The molecule has 4 aromatic rings. The Hall–Kier alpha value is -3.72. The van der Waals surface area contributed by atoms with Gasteiger partial charge in [-0.3, -0.25) is 14.2 Å². The number of alkyl halides is 1. The number of aromatic nitrogens is 4. The van der Waals surface area contributed by atoms with E-state index in [0.717, 1.165) is 54.5 Å². The van der Waals surface area contributed by atoms with Crippen LogP contribution in [0.5, 0.6) is 5.75 Å². The molecule has 0 bridgehead atoms. The summed E-state index contributed by atoms with van der Waals surface area (Å²) in [5.74, 6) is 2.55. The molecule has 6 rings (SSSR count). The zero-order chi connectivity index (χ0) is 24.8. The molecule has 8 nitrogen and oxygen atoms in total. The summed E-state index contributed by atoms with van der Waals surface area (Å²) in [6.45, 7) is 5.40. The standard InChI is InChI=1S/C27H28FN5O3/c1-17(28)36-25-6-4-3-5-19(25)14-33-24-9-18(7-8-23(24)26(34)31(33)2)20-10-29-27(30-11-20)32-12-21(13-32)22-15-35-16-22/h3-11,17,21-22H,12-16H2,1-2H3. The van der Waals surface area contributed by atoms with Crippen molar-refractivity contribution < 1.29 is 13.9 Å². The fraction of sp³-hybridized carbons (Fsp3) is 0.370. The third-order valence-electron chi connectivity index (χ3n) is 7.24. The minimum atomic E-state index is -1.43. The van der Waals surface area contributed by atoms with Crippen LogP contribution in [0.1, 0.15) is 12.5 Å². The van der Waals surface area contributed by atoms with Crippen molar-refractivity contribution >= 4 is 16.9 Å². The Labute approximate surface area is 207 Å². The fourth-order valence-corrected chi connectivity index (χ4v) is 4.96. The summed E-state index contributed by atoms with van der Waals surface area (Å²) in [7, 11) is 1.73. The number of benzene rings is 2. The van der Waals surface area contributed by atoms with Crippen LogP contribution in [0.15, 0.2) is 59.7 Å². The summed E-state index contributed by atoms with van der Waals surface area (Å²) in [5.41, 5.74) is 3.27. The van der Waals surface area contributed by atoms with Gasteiger partial charge in [-0.05, 0) is 23.8 Å². The van der Waals surface area contributed by atoms with E-state index in [4.69, 9.17) is 9.47 Å². The van der Waals surface area contributed by atoms with Gasteiger partial charge in [0.05, 0.1) is 30.7 Å². The SMILES string of the molecule is CC(F)Oc1ccccc1Cn1c2cc(-c3cnc(N4CC(C5COC5)C4)nc3)ccc2c(=O)n1C. The molecule has 36 heavy (non-hydrogen) atoms. The topological polar surface area (TPSA) is 74.4 Å². The van der Waals surface area contributed by atoms with E-state index in [1.807, 2.05) is 47.4 Å². The number of nitrogens with zero attached hydrogens (tertiary/aromatic N) is 5. The monoisotopic (exact) mass is 489 g/mol. The summed E-state index contributed by atoms with van der Waals surface area (Å²) in [6.07, 6.45) is 2.24. The zero-order valence-corrected chi connectivity index (χ0v) is 20.3. The van der Waals surface area contributed by atoms with E-state index in [1.54, 1.807) is 23.9 Å². The molecule has 0 saturated carbocycles. The summed E-state index contributed by atoms with van der Waals surface area (Å²) in [5, 5.41) is 0.614. The van der Waals surface area contributed by atoms with Gasteiger partial charge in [0.1, 0.15) is 5.75 Å². The van der Waals surface area contributed by atoms with Crippen molar-refractivity contribution in [3.8, 4) is 16.9 Å². The molecule has 0 N–H and O–H groups in total. The second-order valence-corrected chi connectivity index (χ2v) is 9.62. The molecular weight excluding hydrogens is 461 g/mol. The maximum absolute atomic E-state index is 13.6. The third kappa shape index (κ3) is 4.03. The van der Waals surface area contributed by atoms with Gasteiger partial charge in [0, 0.05) is 62.4 Å². The van der Waals surface area contributed by atoms with Crippen molar-refractivity contribution in [2.45, 2.75) is 19.8 Å². The van der Waals surface area contributed by atoms with Crippen LogP contribution in [0, 0.1) is 11.8 Å². The van der Waals surface area contributed by atoms with Crippen LogP contribution < -0.4 is 15.2 Å². The Balaban J connectivity index is 1.28. The van der Waals surface area contributed by atoms with E-state index in [1.165, 1.54) is 6.92 Å². The molecule has 2 fully saturated rings. The van der Waals surface area contributed by atoms with Crippen LogP contribution >= 0.6 is 0 Å². The molecule has 2 aliphatic heterocycles. The number of para-hydroxylation sites is 1. The second-order valence-electron chi connectivity index (χ2n) is 9.62. The number of rotatable bonds is 7. The quantitative estimate of drug-likeness (QED) is 0.395. The average molecular weight is 490 g/mol. The smallest absolute Gasteiger partial charge is 0.274 e. The lowest BCUT2D eigenvalue weighted by molar-refractivity contribution is -0.0661. The molecule has 2 aromatic carbocycles. The lowest BCUT2D eigenvalue weighted by Crippen LogP contribution is -2.55. The Morgan fingerprint density at radius 3 is 2.53 bits per heavy atom. The van der Waals surface area contributed by atoms with Crippen molar-refractivity contribution in [2.75, 3.05) is 31.2 Å². The molecule has 2 aliphatic rings. The molecule has 9 heteroatoms. The lowest BCUT2D eigenvalue weighted by atomic mass is 9.85. The van der Waals surface area contributed by atoms with Crippen LogP contribution in [-0.4, -0.2) is 52.0 Å². The van der Waals surface area contributed by atoms with E-state index in [2.05, 4.69) is 14.9 Å². The van der Waals surface area contributed by atoms with Gasteiger partial charge in [-0.1, -0.05) is 24.3 Å². The van der Waals surface area contributed by atoms with E-state index in [0.29, 0.717) is 29.5 Å². The molecule has 0 amide bonds. The first kappa shape index (κ1) is 22.7. The first-order chi connectivity index (χ1) is 17.5. The van der Waals surface area contributed by atoms with E-state index in [9.17, 15) is 9.18 Å². The number of fused-ring (bicyclic) bond motifs is 1. The van der Waals surface area contributed by atoms with Crippen LogP contribution in [0.2, 0.25) is 0 Å². The minimum absolute atomic E-state index is 0.0930. The van der Waals surface area contributed by atoms with Gasteiger partial charge in [-0.15, -0.1) is 0 Å². The Bertz CT molecular complexity index is 1450. The Kier molecular flexibility index (Phi) is 5.72. The molecule has 0 radical (unpaired) electrons. The first-order valence-electron chi connectivity index (χ1n) is 12.2. The number of ether oxygens (including phenoxy) is 2. The molecule has 2 saturated heterocycles. The average Bonchev–Trinajstić information content (AvgIpc) is 3.05. The summed E-state index contributed by atoms with van der Waals surface area (Å²) >= 11 is 0. The van der Waals surface area contributed by atoms with Crippen LogP contribution in [0.25, 0.3) is 22.0 Å². The van der Waals surface area contributed by atoms with Gasteiger partial charge in [-0.25, -0.2) is 14.4 Å². The van der Waals surface area contributed by atoms with E-state index < -0.39 is 6.36 Å². The predicted molar refractivity (Wildman–Crippen MR) is 135 cm³/mol. The number of hydrogen-bond donors (Lipinski definition) is 0. The van der Waals surface area contributed by atoms with E-state index in [-0.39, 0.29) is 5.56 Å². The Morgan fingerprint density at radius 2 is 1.83 bits per heavy atom. The molecule has 186 valence electrons. The number of anilines is 1. The second kappa shape index (κ2) is 9.05. The molecule has 4 heterocycles. The maximum Gasteiger partial charge on any atom is 0.274 e. The fourth-order valence-electron chi connectivity index (χ4n) is 4.96. The van der Waals surface area contributed by atoms with Crippen molar-refractivity contribution in [1.29, 1.82) is 0 Å². The van der Waals surface area contributed by atoms with Gasteiger partial charge < -0.3 is 14.4 Å². The van der Waals surface area contributed by atoms with Crippen LogP contribution in [-0.2, 0) is 18.3 Å². The van der Waals surface area contributed by atoms with Crippen LogP contribution in [0.3, 0.4) is 0 Å². The molecule has 0 spiro atoms. The highest BCUT2D eigenvalue weighted by atomic mass is 19.1. The summed E-state index contributed by atoms with van der Waals surface area (Å²) < 4.78 is 27.7. The highest BCUT2D eigenvalue weighted by molar-refractivity contribution is 5.84. The van der Waals surface area contributed by atoms with Crippen molar-refractivity contribution in [1.82, 2.24) is 19.3 Å². The van der Waals surface area contributed by atoms with Crippen molar-refractivity contribution in [3.05, 3.63) is 70.8 Å². The van der Waals surface area contributed by atoms with Crippen molar-refractivity contribution in [3.63, 3.8) is 0 Å². The minimum Gasteiger partial charge on any atom is -0.460 e. The Morgan fingerprint density at radius 1 is 1.08 bits per heavy atom. The molecule has 1 unspecified atom stereocenters. The third-order valence-corrected chi connectivity index (χ3v) is 7.24. The van der Waals surface area contributed by atoms with Crippen molar-refractivity contribution in [2.24, 2.45) is 18.9 Å². The first-order valence-corrected chi connectivity index (χ1v) is 12.2. The molecule has 1 atom stereocenters. The largest absolute Gasteiger partial charge is 0.460 e. The van der Waals surface area contributed by atoms with E-state index >= 15 is 0 Å². The van der Waals surface area contributed by atoms with Gasteiger partial charge in [0.15, 0.2) is 0 Å². The van der Waals surface area contributed by atoms with Gasteiger partial charge in [0.25, 0.3) is 5.56 Å². The highest BCUT2D eigenvalue weighted by Gasteiger charge is 2.38. The van der Waals surface area contributed by atoms with Gasteiger partial charge >= 0.3 is 0 Å².